The SMILES string of the molecule is CN=C(NCc1ccc(S(N)(=O)=O)cc1)NCc1coc(-c2ccccc2)n1. The van der Waals surface area contributed by atoms with Crippen LogP contribution in [0.2, 0.25) is 0 Å². The molecule has 0 aliphatic carbocycles. The van der Waals surface area contributed by atoms with Crippen molar-refractivity contribution in [2.45, 2.75) is 18.0 Å². The molecule has 2 aromatic carbocycles. The molecule has 0 radical (unpaired) electrons. The number of guanidine groups is 1. The first kappa shape index (κ1) is 19.6. The fourth-order valence-electron chi connectivity index (χ4n) is 2.48. The number of aliphatic imine (C=N–C) groups is 1. The topological polar surface area (TPSA) is 123 Å². The molecule has 0 unspecified atom stereocenters. The molecule has 8 nitrogen and oxygen atoms in total. The Hall–Kier alpha value is -3.17. The molecule has 0 atom stereocenters. The van der Waals surface area contributed by atoms with Crippen molar-refractivity contribution in [2.75, 3.05) is 7.05 Å². The fraction of sp³-hybridized carbons (Fsp3) is 0.158. The van der Waals surface area contributed by atoms with Gasteiger partial charge in [0.05, 0.1) is 17.1 Å². The predicted octanol–water partition coefficient (Wildman–Crippen LogP) is 1.85. The van der Waals surface area contributed by atoms with E-state index < -0.39 is 10.0 Å². The Bertz CT molecular complexity index is 1040. The van der Waals surface area contributed by atoms with Crippen LogP contribution in [0.25, 0.3) is 11.5 Å². The molecule has 9 heteroatoms. The third-order valence-corrected chi connectivity index (χ3v) is 4.87. The summed E-state index contributed by atoms with van der Waals surface area (Å²) in [6, 6.07) is 16.0. The summed E-state index contributed by atoms with van der Waals surface area (Å²) < 4.78 is 28.1. The highest BCUT2D eigenvalue weighted by molar-refractivity contribution is 7.89. The van der Waals surface area contributed by atoms with Crippen LogP contribution in [0.1, 0.15) is 11.3 Å². The zero-order chi connectivity index (χ0) is 20.0. The van der Waals surface area contributed by atoms with Crippen LogP contribution >= 0.6 is 0 Å². The van der Waals surface area contributed by atoms with E-state index >= 15 is 0 Å². The second-order valence-electron chi connectivity index (χ2n) is 5.98. The lowest BCUT2D eigenvalue weighted by Gasteiger charge is -2.11. The number of primary sulfonamides is 1. The van der Waals surface area contributed by atoms with Crippen molar-refractivity contribution in [1.82, 2.24) is 15.6 Å². The van der Waals surface area contributed by atoms with Gasteiger partial charge in [0.15, 0.2) is 5.96 Å². The second-order valence-corrected chi connectivity index (χ2v) is 7.54. The number of nitrogens with two attached hydrogens (primary N) is 1. The van der Waals surface area contributed by atoms with E-state index in [0.717, 1.165) is 16.8 Å². The average molecular weight is 399 g/mol. The van der Waals surface area contributed by atoms with Crippen molar-refractivity contribution in [1.29, 1.82) is 0 Å². The van der Waals surface area contributed by atoms with E-state index in [9.17, 15) is 8.42 Å². The van der Waals surface area contributed by atoms with E-state index in [-0.39, 0.29) is 4.90 Å². The molecular formula is C19H21N5O3S. The molecule has 1 aromatic heterocycles. The third kappa shape index (κ3) is 5.18. The van der Waals surface area contributed by atoms with Crippen LogP contribution in [0, 0.1) is 0 Å². The summed E-state index contributed by atoms with van der Waals surface area (Å²) >= 11 is 0. The van der Waals surface area contributed by atoms with Crippen LogP contribution in [0.4, 0.5) is 0 Å². The number of hydrogen-bond acceptors (Lipinski definition) is 5. The van der Waals surface area contributed by atoms with Gasteiger partial charge in [0.2, 0.25) is 15.9 Å². The van der Waals surface area contributed by atoms with Crippen molar-refractivity contribution >= 4 is 16.0 Å². The Balaban J connectivity index is 1.53. The summed E-state index contributed by atoms with van der Waals surface area (Å²) in [5, 5.41) is 11.4. The standard InChI is InChI=1S/C19H21N5O3S/c1-21-19(22-11-14-7-9-17(10-8-14)28(20,25)26)23-12-16-13-27-18(24-16)15-5-3-2-4-6-15/h2-10,13H,11-12H2,1H3,(H2,20,25,26)(H2,21,22,23). The van der Waals surface area contributed by atoms with Gasteiger partial charge in [0, 0.05) is 19.2 Å². The minimum absolute atomic E-state index is 0.0824. The highest BCUT2D eigenvalue weighted by Gasteiger charge is 2.08. The van der Waals surface area contributed by atoms with Gasteiger partial charge in [-0.2, -0.15) is 0 Å². The normalized spacial score (nSPS) is 12.0. The molecule has 28 heavy (non-hydrogen) atoms. The van der Waals surface area contributed by atoms with Crippen molar-refractivity contribution in [3.63, 3.8) is 0 Å². The van der Waals surface area contributed by atoms with Crippen LogP contribution in [0.5, 0.6) is 0 Å². The number of nitrogens with zero attached hydrogens (tertiary/aromatic N) is 2. The van der Waals surface area contributed by atoms with Crippen LogP contribution < -0.4 is 15.8 Å². The van der Waals surface area contributed by atoms with E-state index in [1.165, 1.54) is 12.1 Å². The monoisotopic (exact) mass is 399 g/mol. The Kier molecular flexibility index (Phi) is 6.07. The van der Waals surface area contributed by atoms with E-state index in [4.69, 9.17) is 9.56 Å². The van der Waals surface area contributed by atoms with E-state index in [1.807, 2.05) is 30.3 Å². The quantitative estimate of drug-likeness (QED) is 0.429. The molecule has 0 amide bonds. The van der Waals surface area contributed by atoms with E-state index in [0.29, 0.717) is 24.9 Å². The number of aromatic nitrogens is 1. The first-order valence-corrected chi connectivity index (χ1v) is 10.1. The maximum absolute atomic E-state index is 11.3. The highest BCUT2D eigenvalue weighted by atomic mass is 32.2. The summed E-state index contributed by atoms with van der Waals surface area (Å²) in [5.41, 5.74) is 2.56. The zero-order valence-corrected chi connectivity index (χ0v) is 16.1. The molecule has 0 aliphatic heterocycles. The van der Waals surface area contributed by atoms with Gasteiger partial charge in [-0.1, -0.05) is 30.3 Å². The largest absolute Gasteiger partial charge is 0.444 e. The molecule has 1 heterocycles. The number of rotatable bonds is 6. The lowest BCUT2D eigenvalue weighted by atomic mass is 10.2. The number of nitrogens with one attached hydrogen (secondary N) is 2. The Morgan fingerprint density at radius 3 is 2.39 bits per heavy atom. The minimum atomic E-state index is -3.69. The zero-order valence-electron chi connectivity index (χ0n) is 15.3. The molecule has 0 aliphatic rings. The minimum Gasteiger partial charge on any atom is -0.444 e. The Morgan fingerprint density at radius 2 is 1.75 bits per heavy atom. The predicted molar refractivity (Wildman–Crippen MR) is 107 cm³/mol. The number of oxazole rings is 1. The average Bonchev–Trinajstić information content (AvgIpc) is 3.17. The molecule has 0 spiro atoms. The molecule has 0 bridgehead atoms. The second kappa shape index (κ2) is 8.68. The van der Waals surface area contributed by atoms with Crippen LogP contribution in [0.15, 0.2) is 75.2 Å². The lowest BCUT2D eigenvalue weighted by molar-refractivity contribution is 0.572. The highest BCUT2D eigenvalue weighted by Crippen LogP contribution is 2.17. The molecule has 0 fully saturated rings. The van der Waals surface area contributed by atoms with Gasteiger partial charge < -0.3 is 15.1 Å². The Labute approximate surface area is 163 Å². The molecular weight excluding hydrogens is 378 g/mol. The van der Waals surface area contributed by atoms with Crippen molar-refractivity contribution < 1.29 is 12.8 Å². The van der Waals surface area contributed by atoms with Gasteiger partial charge in [-0.05, 0) is 29.8 Å². The van der Waals surface area contributed by atoms with Crippen LogP contribution in [-0.4, -0.2) is 26.4 Å². The number of benzene rings is 2. The fourth-order valence-corrected chi connectivity index (χ4v) is 2.99. The summed E-state index contributed by atoms with van der Waals surface area (Å²) in [7, 11) is -2.02. The third-order valence-electron chi connectivity index (χ3n) is 3.94. The molecule has 0 saturated heterocycles. The smallest absolute Gasteiger partial charge is 0.238 e. The summed E-state index contributed by atoms with van der Waals surface area (Å²) in [6.45, 7) is 0.916. The van der Waals surface area contributed by atoms with Gasteiger partial charge in [-0.15, -0.1) is 0 Å². The first-order valence-electron chi connectivity index (χ1n) is 8.52. The van der Waals surface area contributed by atoms with Crippen molar-refractivity contribution in [2.24, 2.45) is 10.1 Å². The summed E-state index contributed by atoms with van der Waals surface area (Å²) in [4.78, 5) is 8.70. The number of hydrogen-bond donors (Lipinski definition) is 3. The molecule has 3 aromatic rings. The lowest BCUT2D eigenvalue weighted by Crippen LogP contribution is -2.36. The molecule has 0 saturated carbocycles. The van der Waals surface area contributed by atoms with Gasteiger partial charge >= 0.3 is 0 Å². The maximum Gasteiger partial charge on any atom is 0.238 e. The van der Waals surface area contributed by atoms with Crippen molar-refractivity contribution in [3.8, 4) is 11.5 Å². The maximum atomic E-state index is 11.3. The van der Waals surface area contributed by atoms with Gasteiger partial charge in [0.25, 0.3) is 0 Å². The van der Waals surface area contributed by atoms with Crippen LogP contribution in [-0.2, 0) is 23.1 Å². The van der Waals surface area contributed by atoms with Crippen molar-refractivity contribution in [3.05, 3.63) is 72.1 Å². The summed E-state index contributed by atoms with van der Waals surface area (Å²) in [5.74, 6) is 1.15. The van der Waals surface area contributed by atoms with Gasteiger partial charge in [0.1, 0.15) is 6.26 Å². The molecule has 3 rings (SSSR count). The van der Waals surface area contributed by atoms with Crippen LogP contribution in [0.3, 0.4) is 0 Å². The first-order chi connectivity index (χ1) is 13.5. The van der Waals surface area contributed by atoms with E-state index in [2.05, 4.69) is 20.6 Å². The molecule has 4 N–H and O–H groups in total. The van der Waals surface area contributed by atoms with Gasteiger partial charge in [-0.25, -0.2) is 18.5 Å². The summed E-state index contributed by atoms with van der Waals surface area (Å²) in [6.07, 6.45) is 1.61. The Morgan fingerprint density at radius 1 is 1.07 bits per heavy atom. The van der Waals surface area contributed by atoms with Gasteiger partial charge in [-0.3, -0.25) is 4.99 Å². The molecule has 146 valence electrons. The number of sulfonamides is 1. The van der Waals surface area contributed by atoms with E-state index in [1.54, 1.807) is 25.4 Å².